The highest BCUT2D eigenvalue weighted by Crippen LogP contribution is 2.20. The topological polar surface area (TPSA) is 64.4 Å². The molecule has 0 spiro atoms. The molecule has 0 unspecified atom stereocenters. The smallest absolute Gasteiger partial charge is 0.243 e. The van der Waals surface area contributed by atoms with Crippen molar-refractivity contribution < 1.29 is 8.42 Å². The maximum Gasteiger partial charge on any atom is 0.243 e. The molecule has 1 heterocycles. The Hall–Kier alpha value is -1.91. The highest BCUT2D eigenvalue weighted by Gasteiger charge is 2.27. The standard InChI is InChI=1S/C19H20ClN3O2S/c20-18-7-5-16(6-8-18)15-22-9-2-10-23(12-11-22)26(24,25)19-4-1-3-17(13-19)14-21/h1,3-8,13H,2,9-12,15H2. The monoisotopic (exact) mass is 389 g/mol. The van der Waals surface area contributed by atoms with Gasteiger partial charge in [0, 0.05) is 31.2 Å². The molecule has 0 N–H and O–H groups in total. The van der Waals surface area contributed by atoms with E-state index in [1.165, 1.54) is 10.4 Å². The SMILES string of the molecule is N#Cc1cccc(S(=O)(=O)N2CCCN(Cc3ccc(Cl)cc3)CC2)c1. The second kappa shape index (κ2) is 8.19. The maximum absolute atomic E-state index is 12.9. The minimum atomic E-state index is -3.58. The first-order valence-corrected chi connectivity index (χ1v) is 10.3. The summed E-state index contributed by atoms with van der Waals surface area (Å²) in [5, 5.41) is 9.71. The van der Waals surface area contributed by atoms with Crippen LogP contribution in [-0.4, -0.2) is 43.8 Å². The van der Waals surface area contributed by atoms with Gasteiger partial charge in [0.1, 0.15) is 0 Å². The zero-order valence-electron chi connectivity index (χ0n) is 14.3. The molecule has 5 nitrogen and oxygen atoms in total. The first-order valence-electron chi connectivity index (χ1n) is 8.46. The molecule has 3 rings (SSSR count). The molecule has 7 heteroatoms. The van der Waals surface area contributed by atoms with E-state index in [9.17, 15) is 8.42 Å². The van der Waals surface area contributed by atoms with Crippen LogP contribution in [0, 0.1) is 11.3 Å². The van der Waals surface area contributed by atoms with E-state index < -0.39 is 10.0 Å². The van der Waals surface area contributed by atoms with Crippen molar-refractivity contribution in [3.8, 4) is 6.07 Å². The molecule has 0 radical (unpaired) electrons. The fourth-order valence-corrected chi connectivity index (χ4v) is 4.71. The van der Waals surface area contributed by atoms with Crippen LogP contribution in [0.2, 0.25) is 5.02 Å². The molecule has 1 saturated heterocycles. The number of nitriles is 1. The number of hydrogen-bond donors (Lipinski definition) is 0. The van der Waals surface area contributed by atoms with Gasteiger partial charge >= 0.3 is 0 Å². The van der Waals surface area contributed by atoms with Crippen LogP contribution in [0.4, 0.5) is 0 Å². The van der Waals surface area contributed by atoms with E-state index in [0.29, 0.717) is 30.2 Å². The Morgan fingerprint density at radius 1 is 1.04 bits per heavy atom. The fraction of sp³-hybridized carbons (Fsp3) is 0.316. The predicted octanol–water partition coefficient (Wildman–Crippen LogP) is 3.11. The average molecular weight is 390 g/mol. The summed E-state index contributed by atoms with van der Waals surface area (Å²) in [4.78, 5) is 2.44. The lowest BCUT2D eigenvalue weighted by Gasteiger charge is -2.22. The largest absolute Gasteiger partial charge is 0.298 e. The van der Waals surface area contributed by atoms with E-state index >= 15 is 0 Å². The fourth-order valence-electron chi connectivity index (χ4n) is 3.07. The second-order valence-electron chi connectivity index (χ2n) is 6.30. The molecule has 0 atom stereocenters. The quantitative estimate of drug-likeness (QED) is 0.805. The van der Waals surface area contributed by atoms with Crippen molar-refractivity contribution in [1.29, 1.82) is 5.26 Å². The number of rotatable bonds is 4. The van der Waals surface area contributed by atoms with Gasteiger partial charge in [-0.1, -0.05) is 29.8 Å². The summed E-state index contributed by atoms with van der Waals surface area (Å²) in [6.45, 7) is 3.20. The molecular weight excluding hydrogens is 370 g/mol. The van der Waals surface area contributed by atoms with Crippen molar-refractivity contribution in [2.45, 2.75) is 17.9 Å². The van der Waals surface area contributed by atoms with Gasteiger partial charge in [0.2, 0.25) is 10.0 Å². The summed E-state index contributed by atoms with van der Waals surface area (Å²) >= 11 is 5.92. The first-order chi connectivity index (χ1) is 12.5. The van der Waals surface area contributed by atoms with Crippen LogP contribution in [0.5, 0.6) is 0 Å². The zero-order valence-corrected chi connectivity index (χ0v) is 15.9. The minimum absolute atomic E-state index is 0.183. The Balaban J connectivity index is 1.69. The van der Waals surface area contributed by atoms with E-state index in [1.807, 2.05) is 30.3 Å². The third-order valence-corrected chi connectivity index (χ3v) is 6.61. The van der Waals surface area contributed by atoms with Crippen molar-refractivity contribution in [3.63, 3.8) is 0 Å². The molecule has 0 saturated carbocycles. The van der Waals surface area contributed by atoms with Crippen LogP contribution >= 0.6 is 11.6 Å². The number of benzene rings is 2. The van der Waals surface area contributed by atoms with Gasteiger partial charge in [-0.05, 0) is 48.9 Å². The van der Waals surface area contributed by atoms with Crippen molar-refractivity contribution in [3.05, 3.63) is 64.7 Å². The van der Waals surface area contributed by atoms with Gasteiger partial charge in [-0.3, -0.25) is 4.90 Å². The molecule has 1 fully saturated rings. The maximum atomic E-state index is 12.9. The Morgan fingerprint density at radius 2 is 1.81 bits per heavy atom. The van der Waals surface area contributed by atoms with Gasteiger partial charge < -0.3 is 0 Å². The molecule has 0 aromatic heterocycles. The van der Waals surface area contributed by atoms with E-state index in [4.69, 9.17) is 16.9 Å². The molecule has 1 aliphatic heterocycles. The molecule has 2 aromatic rings. The van der Waals surface area contributed by atoms with E-state index in [0.717, 1.165) is 25.1 Å². The molecule has 136 valence electrons. The normalized spacial score (nSPS) is 16.8. The molecule has 26 heavy (non-hydrogen) atoms. The van der Waals surface area contributed by atoms with Crippen LogP contribution in [-0.2, 0) is 16.6 Å². The second-order valence-corrected chi connectivity index (χ2v) is 8.67. The summed E-state index contributed by atoms with van der Waals surface area (Å²) in [6.07, 6.45) is 0.769. The number of sulfonamides is 1. The Morgan fingerprint density at radius 3 is 2.54 bits per heavy atom. The molecule has 0 aliphatic carbocycles. The summed E-state index contributed by atoms with van der Waals surface area (Å²) in [7, 11) is -3.58. The lowest BCUT2D eigenvalue weighted by molar-refractivity contribution is 0.278. The van der Waals surface area contributed by atoms with Gasteiger partial charge in [-0.2, -0.15) is 9.57 Å². The van der Waals surface area contributed by atoms with Gasteiger partial charge in [0.25, 0.3) is 0 Å². The van der Waals surface area contributed by atoms with Crippen molar-refractivity contribution in [1.82, 2.24) is 9.21 Å². The summed E-state index contributed by atoms with van der Waals surface area (Å²) in [6, 6.07) is 15.9. The molecule has 2 aromatic carbocycles. The number of halogens is 1. The number of nitrogens with zero attached hydrogens (tertiary/aromatic N) is 3. The van der Waals surface area contributed by atoms with E-state index in [2.05, 4.69) is 4.90 Å². The summed E-state index contributed by atoms with van der Waals surface area (Å²) < 4.78 is 27.3. The van der Waals surface area contributed by atoms with Crippen LogP contribution in [0.15, 0.2) is 53.4 Å². The van der Waals surface area contributed by atoms with Crippen molar-refractivity contribution in [2.24, 2.45) is 0 Å². The third-order valence-electron chi connectivity index (χ3n) is 4.47. The molecular formula is C19H20ClN3O2S. The average Bonchev–Trinajstić information content (AvgIpc) is 2.90. The van der Waals surface area contributed by atoms with Gasteiger partial charge in [0.05, 0.1) is 16.5 Å². The van der Waals surface area contributed by atoms with E-state index in [1.54, 1.807) is 18.2 Å². The highest BCUT2D eigenvalue weighted by molar-refractivity contribution is 7.89. The lowest BCUT2D eigenvalue weighted by atomic mass is 10.2. The molecule has 0 bridgehead atoms. The Kier molecular flexibility index (Phi) is 5.94. The Labute approximate surface area is 159 Å². The van der Waals surface area contributed by atoms with Crippen LogP contribution < -0.4 is 0 Å². The third kappa shape index (κ3) is 4.43. The van der Waals surface area contributed by atoms with Crippen molar-refractivity contribution in [2.75, 3.05) is 26.2 Å². The molecule has 1 aliphatic rings. The van der Waals surface area contributed by atoms with Crippen LogP contribution in [0.1, 0.15) is 17.5 Å². The van der Waals surface area contributed by atoms with Gasteiger partial charge in [-0.15, -0.1) is 0 Å². The molecule has 0 amide bonds. The summed E-state index contributed by atoms with van der Waals surface area (Å²) in [5.74, 6) is 0. The zero-order chi connectivity index (χ0) is 18.6. The van der Waals surface area contributed by atoms with Crippen LogP contribution in [0.25, 0.3) is 0 Å². The Bertz CT molecular complexity index is 907. The lowest BCUT2D eigenvalue weighted by Crippen LogP contribution is -2.35. The minimum Gasteiger partial charge on any atom is -0.298 e. The van der Waals surface area contributed by atoms with Crippen LogP contribution in [0.3, 0.4) is 0 Å². The number of hydrogen-bond acceptors (Lipinski definition) is 4. The summed E-state index contributed by atoms with van der Waals surface area (Å²) in [5.41, 5.74) is 1.51. The van der Waals surface area contributed by atoms with Gasteiger partial charge in [-0.25, -0.2) is 8.42 Å². The van der Waals surface area contributed by atoms with Crippen molar-refractivity contribution >= 4 is 21.6 Å². The highest BCUT2D eigenvalue weighted by atomic mass is 35.5. The first kappa shape index (κ1) is 18.9. The van der Waals surface area contributed by atoms with E-state index in [-0.39, 0.29) is 4.90 Å². The predicted molar refractivity (Wildman–Crippen MR) is 101 cm³/mol. The van der Waals surface area contributed by atoms with Gasteiger partial charge in [0.15, 0.2) is 0 Å².